The molecular weight excluding hydrogens is 374 g/mol. The van der Waals surface area contributed by atoms with Gasteiger partial charge in [0.2, 0.25) is 0 Å². The third-order valence-electron chi connectivity index (χ3n) is 4.55. The summed E-state index contributed by atoms with van der Waals surface area (Å²) >= 11 is 1.32. The van der Waals surface area contributed by atoms with E-state index >= 15 is 0 Å². The van der Waals surface area contributed by atoms with Crippen LogP contribution in [0.4, 0.5) is 11.6 Å². The summed E-state index contributed by atoms with van der Waals surface area (Å²) in [7, 11) is 0. The number of likely N-dealkylation sites (tertiary alicyclic amines) is 1. The second-order valence-electron chi connectivity index (χ2n) is 6.83. The Bertz CT molecular complexity index is 990. The van der Waals surface area contributed by atoms with Gasteiger partial charge in [-0.25, -0.2) is 15.0 Å². The molecule has 0 bridgehead atoms. The molecule has 4 rings (SSSR count). The van der Waals surface area contributed by atoms with E-state index in [-0.39, 0.29) is 5.91 Å². The first kappa shape index (κ1) is 18.5. The van der Waals surface area contributed by atoms with Crippen LogP contribution in [0.3, 0.4) is 0 Å². The fourth-order valence-corrected chi connectivity index (χ4v) is 4.00. The van der Waals surface area contributed by atoms with Crippen molar-refractivity contribution in [2.45, 2.75) is 25.9 Å². The van der Waals surface area contributed by atoms with Gasteiger partial charge in [0.05, 0.1) is 16.7 Å². The lowest BCUT2D eigenvalue weighted by molar-refractivity contribution is 0.0473. The molecule has 0 aromatic carbocycles. The van der Waals surface area contributed by atoms with Crippen molar-refractivity contribution in [3.05, 3.63) is 53.3 Å². The van der Waals surface area contributed by atoms with E-state index in [4.69, 9.17) is 0 Å². The van der Waals surface area contributed by atoms with Crippen LogP contribution in [-0.2, 0) is 0 Å². The molecule has 1 aliphatic heterocycles. The minimum atomic E-state index is -0.447. The Morgan fingerprint density at radius 2 is 2.18 bits per heavy atom. The molecule has 0 spiro atoms. The number of carbonyl (C=O) groups is 1. The Labute approximate surface area is 167 Å². The number of nitrogens with one attached hydrogen (secondary N) is 1. The number of aliphatic hydroxyl groups excluding tert-OH is 1. The third-order valence-corrected chi connectivity index (χ3v) is 5.55. The number of pyridine rings is 2. The fraction of sp³-hybridized carbons (Fsp3) is 0.300. The van der Waals surface area contributed by atoms with Crippen LogP contribution in [0.25, 0.3) is 10.6 Å². The third kappa shape index (κ3) is 4.18. The highest BCUT2D eigenvalue weighted by molar-refractivity contribution is 7.16. The number of thiazole rings is 1. The van der Waals surface area contributed by atoms with Crippen LogP contribution in [0.1, 0.15) is 28.2 Å². The van der Waals surface area contributed by atoms with Gasteiger partial charge in [-0.2, -0.15) is 0 Å². The Hall–Kier alpha value is -2.84. The van der Waals surface area contributed by atoms with Crippen molar-refractivity contribution in [2.75, 3.05) is 18.4 Å². The summed E-state index contributed by atoms with van der Waals surface area (Å²) in [5, 5.41) is 13.4. The van der Waals surface area contributed by atoms with Crippen molar-refractivity contribution < 1.29 is 9.90 Å². The molecule has 3 aromatic rings. The van der Waals surface area contributed by atoms with Gasteiger partial charge in [0.1, 0.15) is 11.6 Å². The lowest BCUT2D eigenvalue weighted by atomic mass is 10.1. The largest absolute Gasteiger partial charge is 0.391 e. The Morgan fingerprint density at radius 1 is 1.29 bits per heavy atom. The molecule has 1 amide bonds. The van der Waals surface area contributed by atoms with Crippen molar-refractivity contribution in [2.24, 2.45) is 0 Å². The normalized spacial score (nSPS) is 16.8. The van der Waals surface area contributed by atoms with Gasteiger partial charge < -0.3 is 15.3 Å². The molecule has 1 aliphatic rings. The summed E-state index contributed by atoms with van der Waals surface area (Å²) in [6.07, 6.45) is 4.53. The van der Waals surface area contributed by atoms with Gasteiger partial charge in [-0.3, -0.25) is 4.79 Å². The lowest BCUT2D eigenvalue weighted by Crippen LogP contribution is -2.42. The van der Waals surface area contributed by atoms with Crippen molar-refractivity contribution in [3.63, 3.8) is 0 Å². The number of aromatic nitrogens is 3. The molecular formula is C20H21N5O2S. The number of carbonyl (C=O) groups excluding carboxylic acids is 1. The van der Waals surface area contributed by atoms with E-state index in [1.807, 2.05) is 37.3 Å². The van der Waals surface area contributed by atoms with E-state index in [0.29, 0.717) is 23.9 Å². The van der Waals surface area contributed by atoms with E-state index in [1.165, 1.54) is 11.3 Å². The van der Waals surface area contributed by atoms with Crippen LogP contribution >= 0.6 is 11.3 Å². The number of β-amino-alcohol motifs (C(OH)–C–C–N with tert-alkyl or cyclic N) is 1. The van der Waals surface area contributed by atoms with Crippen LogP contribution < -0.4 is 5.32 Å². The zero-order chi connectivity index (χ0) is 19.5. The maximum atomic E-state index is 12.7. The topological polar surface area (TPSA) is 91.2 Å². The monoisotopic (exact) mass is 395 g/mol. The molecule has 1 atom stereocenters. The van der Waals surface area contributed by atoms with E-state index in [2.05, 4.69) is 20.3 Å². The maximum absolute atomic E-state index is 12.7. The van der Waals surface area contributed by atoms with Gasteiger partial charge in [-0.15, -0.1) is 11.3 Å². The standard InChI is InChI=1S/C20H21N5O2S/c1-13-7-8-21-18(10-13)24-17-6-2-5-15(23-17)16-11-22-19(28-16)20(27)25-9-3-4-14(26)12-25/h2,5-8,10-11,14,26H,3-4,9,12H2,1H3,(H,21,23,24). The Morgan fingerprint density at radius 3 is 3.00 bits per heavy atom. The summed E-state index contributed by atoms with van der Waals surface area (Å²) < 4.78 is 0. The number of amides is 1. The minimum Gasteiger partial charge on any atom is -0.391 e. The van der Waals surface area contributed by atoms with Gasteiger partial charge in [-0.05, 0) is 49.6 Å². The molecule has 0 aliphatic carbocycles. The number of anilines is 2. The highest BCUT2D eigenvalue weighted by Crippen LogP contribution is 2.27. The number of hydrogen-bond donors (Lipinski definition) is 2. The summed E-state index contributed by atoms with van der Waals surface area (Å²) in [5.41, 5.74) is 1.86. The SMILES string of the molecule is Cc1ccnc(Nc2cccc(-c3cnc(C(=O)N4CCCC(O)C4)s3)n2)c1. The molecule has 8 heteroatoms. The molecule has 2 N–H and O–H groups in total. The summed E-state index contributed by atoms with van der Waals surface area (Å²) in [5.74, 6) is 1.28. The predicted octanol–water partition coefficient (Wildman–Crippen LogP) is 3.25. The van der Waals surface area contributed by atoms with Crippen LogP contribution in [0.5, 0.6) is 0 Å². The number of hydrogen-bond acceptors (Lipinski definition) is 7. The van der Waals surface area contributed by atoms with Crippen LogP contribution in [0.2, 0.25) is 0 Å². The summed E-state index contributed by atoms with van der Waals surface area (Å²) in [6.45, 7) is 3.04. The second kappa shape index (κ2) is 8.04. The first-order valence-electron chi connectivity index (χ1n) is 9.19. The fourth-order valence-electron chi connectivity index (χ4n) is 3.14. The molecule has 0 saturated carbocycles. The summed E-state index contributed by atoms with van der Waals surface area (Å²) in [4.78, 5) is 28.3. The Balaban J connectivity index is 1.51. The van der Waals surface area contributed by atoms with Gasteiger partial charge in [-0.1, -0.05) is 6.07 Å². The summed E-state index contributed by atoms with van der Waals surface area (Å²) in [6, 6.07) is 9.55. The number of aliphatic hydroxyl groups is 1. The molecule has 1 unspecified atom stereocenters. The zero-order valence-corrected chi connectivity index (χ0v) is 16.3. The number of piperidine rings is 1. The first-order valence-corrected chi connectivity index (χ1v) is 10.0. The average Bonchev–Trinajstić information content (AvgIpc) is 3.18. The molecule has 144 valence electrons. The van der Waals surface area contributed by atoms with Crippen LogP contribution in [0.15, 0.2) is 42.7 Å². The van der Waals surface area contributed by atoms with Crippen LogP contribution in [0, 0.1) is 6.92 Å². The van der Waals surface area contributed by atoms with Gasteiger partial charge >= 0.3 is 0 Å². The lowest BCUT2D eigenvalue weighted by Gasteiger charge is -2.29. The van der Waals surface area contributed by atoms with Crippen molar-refractivity contribution in [1.82, 2.24) is 19.9 Å². The highest BCUT2D eigenvalue weighted by atomic mass is 32.1. The zero-order valence-electron chi connectivity index (χ0n) is 15.5. The smallest absolute Gasteiger partial charge is 0.282 e. The van der Waals surface area contributed by atoms with Crippen molar-refractivity contribution in [3.8, 4) is 10.6 Å². The second-order valence-corrected chi connectivity index (χ2v) is 7.86. The Kier molecular flexibility index (Phi) is 5.31. The van der Waals surface area contributed by atoms with Crippen molar-refractivity contribution in [1.29, 1.82) is 0 Å². The molecule has 1 saturated heterocycles. The minimum absolute atomic E-state index is 0.131. The van der Waals surface area contributed by atoms with Gasteiger partial charge in [0, 0.05) is 25.5 Å². The predicted molar refractivity (Wildman–Crippen MR) is 109 cm³/mol. The first-order chi connectivity index (χ1) is 13.6. The number of aryl methyl sites for hydroxylation is 1. The number of nitrogens with zero attached hydrogens (tertiary/aromatic N) is 4. The molecule has 1 fully saturated rings. The average molecular weight is 395 g/mol. The van der Waals surface area contributed by atoms with Gasteiger partial charge in [0.25, 0.3) is 5.91 Å². The molecule has 3 aromatic heterocycles. The molecule has 0 radical (unpaired) electrons. The van der Waals surface area contributed by atoms with Crippen LogP contribution in [-0.4, -0.2) is 50.1 Å². The van der Waals surface area contributed by atoms with E-state index in [9.17, 15) is 9.90 Å². The quantitative estimate of drug-likeness (QED) is 0.705. The van der Waals surface area contributed by atoms with Crippen molar-refractivity contribution >= 4 is 28.9 Å². The van der Waals surface area contributed by atoms with E-state index in [0.717, 1.165) is 34.8 Å². The van der Waals surface area contributed by atoms with Gasteiger partial charge in [0.15, 0.2) is 5.01 Å². The van der Waals surface area contributed by atoms with E-state index in [1.54, 1.807) is 17.3 Å². The maximum Gasteiger partial charge on any atom is 0.282 e. The highest BCUT2D eigenvalue weighted by Gasteiger charge is 2.25. The molecule has 7 nitrogen and oxygen atoms in total. The molecule has 4 heterocycles. The molecule has 28 heavy (non-hydrogen) atoms. The van der Waals surface area contributed by atoms with E-state index < -0.39 is 6.10 Å². The number of rotatable bonds is 4.